The van der Waals surface area contributed by atoms with Gasteiger partial charge in [0.1, 0.15) is 0 Å². The predicted molar refractivity (Wildman–Crippen MR) is 80.4 cm³/mol. The molecule has 0 radical (unpaired) electrons. The molecule has 1 N–H and O–H groups in total. The first-order chi connectivity index (χ1) is 9.68. The maximum absolute atomic E-state index is 4.28. The molecule has 0 saturated heterocycles. The van der Waals surface area contributed by atoms with Gasteiger partial charge < -0.3 is 5.32 Å². The highest BCUT2D eigenvalue weighted by Gasteiger charge is 2.21. The van der Waals surface area contributed by atoms with Crippen LogP contribution >= 0.6 is 0 Å². The third-order valence-electron chi connectivity index (χ3n) is 4.16. The van der Waals surface area contributed by atoms with Gasteiger partial charge in [-0.2, -0.15) is 0 Å². The maximum Gasteiger partial charge on any atom is 0.168 e. The van der Waals surface area contributed by atoms with Crippen molar-refractivity contribution in [1.29, 1.82) is 0 Å². The van der Waals surface area contributed by atoms with E-state index in [9.17, 15) is 0 Å². The van der Waals surface area contributed by atoms with E-state index in [4.69, 9.17) is 0 Å². The number of tetrazole rings is 1. The minimum absolute atomic E-state index is 0.220. The van der Waals surface area contributed by atoms with Gasteiger partial charge in [-0.25, -0.2) is 4.68 Å². The Kier molecular flexibility index (Phi) is 5.95. The van der Waals surface area contributed by atoms with Gasteiger partial charge in [-0.05, 0) is 42.7 Å². The van der Waals surface area contributed by atoms with Crippen molar-refractivity contribution in [3.05, 3.63) is 5.82 Å². The quantitative estimate of drug-likeness (QED) is 0.898. The lowest BCUT2D eigenvalue weighted by molar-refractivity contribution is 0.324. The Morgan fingerprint density at radius 2 is 1.75 bits per heavy atom. The zero-order valence-corrected chi connectivity index (χ0v) is 13.2. The second kappa shape index (κ2) is 7.72. The van der Waals surface area contributed by atoms with Crippen LogP contribution in [0.5, 0.6) is 0 Å². The van der Waals surface area contributed by atoms with Gasteiger partial charge in [-0.15, -0.1) is 5.10 Å². The Hall–Kier alpha value is -0.970. The van der Waals surface area contributed by atoms with Gasteiger partial charge in [0.2, 0.25) is 0 Å². The third-order valence-corrected chi connectivity index (χ3v) is 4.16. The fourth-order valence-corrected chi connectivity index (χ4v) is 2.93. The summed E-state index contributed by atoms with van der Waals surface area (Å²) in [6.45, 7) is 7.60. The van der Waals surface area contributed by atoms with E-state index in [1.165, 1.54) is 44.9 Å². The van der Waals surface area contributed by atoms with Gasteiger partial charge in [0.25, 0.3) is 0 Å². The number of nitrogens with zero attached hydrogens (tertiary/aromatic N) is 4. The molecule has 20 heavy (non-hydrogen) atoms. The minimum atomic E-state index is 0.220. The first kappa shape index (κ1) is 15.4. The van der Waals surface area contributed by atoms with Crippen molar-refractivity contribution >= 4 is 0 Å². The van der Waals surface area contributed by atoms with Gasteiger partial charge in [0.15, 0.2) is 5.82 Å². The summed E-state index contributed by atoms with van der Waals surface area (Å²) in [6.07, 6.45) is 9.14. The summed E-state index contributed by atoms with van der Waals surface area (Å²) < 4.78 is 2.09. The number of nitrogens with one attached hydrogen (secondary N) is 1. The van der Waals surface area contributed by atoms with Crippen molar-refractivity contribution in [2.24, 2.45) is 5.92 Å². The molecule has 5 heteroatoms. The molecule has 0 aliphatic heterocycles. The summed E-state index contributed by atoms with van der Waals surface area (Å²) in [6, 6.07) is 0.710. The van der Waals surface area contributed by atoms with Gasteiger partial charge in [0.05, 0.1) is 12.1 Å². The van der Waals surface area contributed by atoms with Gasteiger partial charge in [0, 0.05) is 0 Å². The molecule has 1 aromatic rings. The van der Waals surface area contributed by atoms with Gasteiger partial charge in [-0.1, -0.05) is 46.0 Å². The van der Waals surface area contributed by atoms with Crippen LogP contribution in [-0.2, 0) is 0 Å². The van der Waals surface area contributed by atoms with E-state index in [0.29, 0.717) is 12.0 Å². The normalized spacial score (nSPS) is 19.8. The van der Waals surface area contributed by atoms with E-state index >= 15 is 0 Å². The van der Waals surface area contributed by atoms with Crippen molar-refractivity contribution in [1.82, 2.24) is 25.5 Å². The summed E-state index contributed by atoms with van der Waals surface area (Å²) >= 11 is 0. The van der Waals surface area contributed by atoms with E-state index in [1.54, 1.807) is 0 Å². The lowest BCUT2D eigenvalue weighted by Gasteiger charge is -2.23. The molecule has 5 nitrogen and oxygen atoms in total. The lowest BCUT2D eigenvalue weighted by atomic mass is 9.96. The molecule has 1 saturated carbocycles. The van der Waals surface area contributed by atoms with E-state index in [-0.39, 0.29) is 6.04 Å². The molecule has 0 amide bonds. The highest BCUT2D eigenvalue weighted by atomic mass is 15.6. The van der Waals surface area contributed by atoms with Gasteiger partial charge in [-0.3, -0.25) is 0 Å². The molecule has 1 heterocycles. The zero-order valence-electron chi connectivity index (χ0n) is 13.2. The Balaban J connectivity index is 2.02. The highest BCUT2D eigenvalue weighted by Crippen LogP contribution is 2.27. The van der Waals surface area contributed by atoms with Crippen LogP contribution in [0.15, 0.2) is 0 Å². The highest BCUT2D eigenvalue weighted by molar-refractivity contribution is 4.92. The third kappa shape index (κ3) is 4.27. The van der Waals surface area contributed by atoms with Crippen molar-refractivity contribution in [2.75, 3.05) is 6.54 Å². The van der Waals surface area contributed by atoms with Crippen molar-refractivity contribution < 1.29 is 0 Å². The molecule has 1 aromatic heterocycles. The molecule has 1 aliphatic carbocycles. The Bertz CT molecular complexity index is 379. The first-order valence-electron chi connectivity index (χ1n) is 8.19. The molecule has 0 bridgehead atoms. The first-order valence-corrected chi connectivity index (χ1v) is 8.19. The van der Waals surface area contributed by atoms with Crippen LogP contribution in [-0.4, -0.2) is 26.8 Å². The maximum atomic E-state index is 4.28. The molecule has 1 fully saturated rings. The number of hydrogen-bond acceptors (Lipinski definition) is 4. The van der Waals surface area contributed by atoms with E-state index in [0.717, 1.165) is 12.4 Å². The van der Waals surface area contributed by atoms with E-state index in [2.05, 4.69) is 46.3 Å². The monoisotopic (exact) mass is 279 g/mol. The Morgan fingerprint density at radius 3 is 2.40 bits per heavy atom. The summed E-state index contributed by atoms with van der Waals surface area (Å²) in [5.41, 5.74) is 0. The predicted octanol–water partition coefficient (Wildman–Crippen LogP) is 3.27. The van der Waals surface area contributed by atoms with Crippen molar-refractivity contribution in [3.63, 3.8) is 0 Å². The summed E-state index contributed by atoms with van der Waals surface area (Å²) in [4.78, 5) is 0. The molecule has 1 atom stereocenters. The lowest BCUT2D eigenvalue weighted by Crippen LogP contribution is -2.27. The van der Waals surface area contributed by atoms with Gasteiger partial charge >= 0.3 is 0 Å². The molecular formula is C15H29N5. The second-order valence-corrected chi connectivity index (χ2v) is 6.50. The van der Waals surface area contributed by atoms with Crippen LogP contribution in [0.4, 0.5) is 0 Å². The SMILES string of the molecule is CC(C)CNC(C)c1nnnn1C1CCCCCCC1. The van der Waals surface area contributed by atoms with Crippen LogP contribution < -0.4 is 5.32 Å². The Morgan fingerprint density at radius 1 is 1.10 bits per heavy atom. The fraction of sp³-hybridized carbons (Fsp3) is 0.933. The summed E-state index contributed by atoms with van der Waals surface area (Å²) in [7, 11) is 0. The standard InChI is InChI=1S/C15H29N5/c1-12(2)11-16-13(3)15-17-18-19-20(15)14-9-7-5-4-6-8-10-14/h12-14,16H,4-11H2,1-3H3. The van der Waals surface area contributed by atoms with Crippen molar-refractivity contribution in [2.45, 2.75) is 77.8 Å². The molecular weight excluding hydrogens is 250 g/mol. The van der Waals surface area contributed by atoms with E-state index < -0.39 is 0 Å². The molecule has 0 spiro atoms. The summed E-state index contributed by atoms with van der Waals surface area (Å²) in [5, 5.41) is 16.0. The average molecular weight is 279 g/mol. The smallest absolute Gasteiger partial charge is 0.168 e. The van der Waals surface area contributed by atoms with Crippen LogP contribution in [0, 0.1) is 5.92 Å². The topological polar surface area (TPSA) is 55.6 Å². The molecule has 1 aliphatic rings. The minimum Gasteiger partial charge on any atom is -0.307 e. The summed E-state index contributed by atoms with van der Waals surface area (Å²) in [5.74, 6) is 1.64. The molecule has 2 rings (SSSR count). The van der Waals surface area contributed by atoms with Crippen LogP contribution in [0.3, 0.4) is 0 Å². The molecule has 114 valence electrons. The van der Waals surface area contributed by atoms with Crippen molar-refractivity contribution in [3.8, 4) is 0 Å². The second-order valence-electron chi connectivity index (χ2n) is 6.50. The average Bonchev–Trinajstić information content (AvgIpc) is 2.84. The number of aromatic nitrogens is 4. The van der Waals surface area contributed by atoms with Crippen LogP contribution in [0.2, 0.25) is 0 Å². The number of rotatable bonds is 5. The van der Waals surface area contributed by atoms with Crippen LogP contribution in [0.1, 0.15) is 83.6 Å². The van der Waals surface area contributed by atoms with Crippen LogP contribution in [0.25, 0.3) is 0 Å². The fourth-order valence-electron chi connectivity index (χ4n) is 2.93. The zero-order chi connectivity index (χ0) is 14.4. The molecule has 0 aromatic carbocycles. The van der Waals surface area contributed by atoms with E-state index in [1.807, 2.05) is 0 Å². The largest absolute Gasteiger partial charge is 0.307 e. The Labute approximate surface area is 122 Å². The number of hydrogen-bond donors (Lipinski definition) is 1. The molecule has 1 unspecified atom stereocenters.